The first kappa shape index (κ1) is 22.8. The van der Waals surface area contributed by atoms with Crippen molar-refractivity contribution in [2.45, 2.75) is 6.42 Å². The largest absolute Gasteiger partial charge is 0.361 e. The van der Waals surface area contributed by atoms with E-state index in [1.54, 1.807) is 4.90 Å². The number of aromatic amines is 1. The van der Waals surface area contributed by atoms with E-state index in [0.29, 0.717) is 24.3 Å². The van der Waals surface area contributed by atoms with Crippen molar-refractivity contribution in [3.8, 4) is 0 Å². The fourth-order valence-corrected chi connectivity index (χ4v) is 4.52. The van der Waals surface area contributed by atoms with E-state index in [2.05, 4.69) is 14.9 Å². The Balaban J connectivity index is 1.24. The van der Waals surface area contributed by atoms with Crippen LogP contribution in [0.15, 0.2) is 85.3 Å². The Hall–Kier alpha value is -3.97. The van der Waals surface area contributed by atoms with Crippen LogP contribution in [0.1, 0.15) is 15.9 Å². The molecule has 7 heteroatoms. The summed E-state index contributed by atoms with van der Waals surface area (Å²) in [6.45, 7) is 3.98. The van der Waals surface area contributed by atoms with Gasteiger partial charge in [-0.15, -0.1) is 0 Å². The highest BCUT2D eigenvalue weighted by molar-refractivity contribution is 6.10. The standard InChI is InChI=1S/C28H29N5O2/c34-27(32-18-16-31(17-19-32)15-11-22-8-12-29-13-9-22)21-33(25-4-2-1-3-5-25)28(35)24-7-6-23-10-14-30-26(23)20-24/h1-10,12-14,20,30H,11,15-19,21H2. The number of hydrogen-bond donors (Lipinski definition) is 1. The van der Waals surface area contributed by atoms with Crippen LogP contribution in [-0.4, -0.2) is 70.9 Å². The van der Waals surface area contributed by atoms with Crippen LogP contribution in [0.4, 0.5) is 5.69 Å². The van der Waals surface area contributed by atoms with Crippen molar-refractivity contribution in [3.05, 3.63) is 96.4 Å². The fourth-order valence-electron chi connectivity index (χ4n) is 4.52. The third-order valence-corrected chi connectivity index (χ3v) is 6.60. The number of nitrogens with one attached hydrogen (secondary N) is 1. The molecule has 3 heterocycles. The maximum atomic E-state index is 13.5. The van der Waals surface area contributed by atoms with Crippen LogP contribution in [-0.2, 0) is 11.2 Å². The number of piperazine rings is 1. The number of hydrogen-bond acceptors (Lipinski definition) is 4. The second kappa shape index (κ2) is 10.5. The number of H-pyrrole nitrogens is 1. The monoisotopic (exact) mass is 467 g/mol. The van der Waals surface area contributed by atoms with Crippen LogP contribution < -0.4 is 4.90 Å². The van der Waals surface area contributed by atoms with Crippen molar-refractivity contribution >= 4 is 28.4 Å². The number of benzene rings is 2. The molecule has 0 aliphatic carbocycles. The first-order chi connectivity index (χ1) is 17.2. The minimum Gasteiger partial charge on any atom is -0.361 e. The predicted octanol–water partition coefficient (Wildman–Crippen LogP) is 3.60. The quantitative estimate of drug-likeness (QED) is 0.451. The summed E-state index contributed by atoms with van der Waals surface area (Å²) in [6, 6.07) is 21.1. The smallest absolute Gasteiger partial charge is 0.258 e. The topological polar surface area (TPSA) is 72.5 Å². The van der Waals surface area contributed by atoms with Gasteiger partial charge in [0.2, 0.25) is 5.91 Å². The second-order valence-electron chi connectivity index (χ2n) is 8.83. The molecular formula is C28H29N5O2. The fraction of sp³-hybridized carbons (Fsp3) is 0.250. The van der Waals surface area contributed by atoms with Crippen LogP contribution in [0, 0.1) is 0 Å². The number of aromatic nitrogens is 2. The normalized spacial score (nSPS) is 14.2. The van der Waals surface area contributed by atoms with Crippen molar-refractivity contribution in [2.24, 2.45) is 0 Å². The van der Waals surface area contributed by atoms with Gasteiger partial charge in [0.05, 0.1) is 0 Å². The van der Waals surface area contributed by atoms with E-state index in [4.69, 9.17) is 0 Å². The number of pyridine rings is 1. The highest BCUT2D eigenvalue weighted by atomic mass is 16.2. The van der Waals surface area contributed by atoms with Crippen molar-refractivity contribution in [3.63, 3.8) is 0 Å². The van der Waals surface area contributed by atoms with E-state index in [0.717, 1.165) is 37.0 Å². The molecule has 5 rings (SSSR count). The highest BCUT2D eigenvalue weighted by Gasteiger charge is 2.26. The Morgan fingerprint density at radius 2 is 1.69 bits per heavy atom. The number of anilines is 1. The Kier molecular flexibility index (Phi) is 6.86. The van der Waals surface area contributed by atoms with Gasteiger partial charge in [-0.05, 0) is 59.8 Å². The van der Waals surface area contributed by atoms with Crippen molar-refractivity contribution in [2.75, 3.05) is 44.2 Å². The average molecular weight is 468 g/mol. The van der Waals surface area contributed by atoms with Crippen molar-refractivity contribution in [1.82, 2.24) is 19.8 Å². The molecule has 0 atom stereocenters. The molecule has 0 saturated carbocycles. The first-order valence-corrected chi connectivity index (χ1v) is 12.0. The molecule has 4 aromatic rings. The summed E-state index contributed by atoms with van der Waals surface area (Å²) in [5.41, 5.74) is 3.44. The molecule has 2 aromatic carbocycles. The van der Waals surface area contributed by atoms with E-state index >= 15 is 0 Å². The van der Waals surface area contributed by atoms with Gasteiger partial charge in [0.1, 0.15) is 6.54 Å². The van der Waals surface area contributed by atoms with Crippen LogP contribution in [0.2, 0.25) is 0 Å². The zero-order chi connectivity index (χ0) is 24.0. The lowest BCUT2D eigenvalue weighted by molar-refractivity contribution is -0.131. The molecule has 1 fully saturated rings. The van der Waals surface area contributed by atoms with Gasteiger partial charge in [-0.3, -0.25) is 24.4 Å². The highest BCUT2D eigenvalue weighted by Crippen LogP contribution is 2.20. The molecule has 35 heavy (non-hydrogen) atoms. The van der Waals surface area contributed by atoms with Gasteiger partial charge in [0.15, 0.2) is 0 Å². The summed E-state index contributed by atoms with van der Waals surface area (Å²) in [7, 11) is 0. The summed E-state index contributed by atoms with van der Waals surface area (Å²) in [5.74, 6) is -0.214. The average Bonchev–Trinajstić information content (AvgIpc) is 3.39. The van der Waals surface area contributed by atoms with Gasteiger partial charge in [-0.1, -0.05) is 24.3 Å². The molecule has 1 aliphatic heterocycles. The summed E-state index contributed by atoms with van der Waals surface area (Å²) in [5, 5.41) is 1.05. The van der Waals surface area contributed by atoms with Gasteiger partial charge >= 0.3 is 0 Å². The van der Waals surface area contributed by atoms with Crippen LogP contribution >= 0.6 is 0 Å². The van der Waals surface area contributed by atoms with Gasteiger partial charge in [0, 0.05) is 68.1 Å². The molecule has 2 amide bonds. The molecule has 0 spiro atoms. The molecule has 0 bridgehead atoms. The summed E-state index contributed by atoms with van der Waals surface area (Å²) in [4.78, 5) is 39.9. The third kappa shape index (κ3) is 5.41. The molecule has 1 aliphatic rings. The zero-order valence-electron chi connectivity index (χ0n) is 19.6. The Morgan fingerprint density at radius 3 is 2.46 bits per heavy atom. The number of carbonyl (C=O) groups is 2. The lowest BCUT2D eigenvalue weighted by atomic mass is 10.1. The SMILES string of the molecule is O=C(CN(C(=O)c1ccc2cc[nH]c2c1)c1ccccc1)N1CCN(CCc2ccncc2)CC1. The maximum absolute atomic E-state index is 13.5. The van der Waals surface area contributed by atoms with Gasteiger partial charge in [-0.2, -0.15) is 0 Å². The molecule has 7 nitrogen and oxygen atoms in total. The summed E-state index contributed by atoms with van der Waals surface area (Å²) < 4.78 is 0. The lowest BCUT2D eigenvalue weighted by Gasteiger charge is -2.36. The van der Waals surface area contributed by atoms with E-state index in [-0.39, 0.29) is 18.4 Å². The summed E-state index contributed by atoms with van der Waals surface area (Å²) >= 11 is 0. The number of carbonyl (C=O) groups excluding carboxylic acids is 2. The van der Waals surface area contributed by atoms with Crippen molar-refractivity contribution in [1.29, 1.82) is 0 Å². The maximum Gasteiger partial charge on any atom is 0.258 e. The molecule has 1 saturated heterocycles. The van der Waals surface area contributed by atoms with Gasteiger partial charge in [0.25, 0.3) is 5.91 Å². The Morgan fingerprint density at radius 1 is 0.914 bits per heavy atom. The number of amides is 2. The van der Waals surface area contributed by atoms with Crippen molar-refractivity contribution < 1.29 is 9.59 Å². The molecule has 178 valence electrons. The third-order valence-electron chi connectivity index (χ3n) is 6.60. The predicted molar refractivity (Wildman–Crippen MR) is 137 cm³/mol. The molecular weight excluding hydrogens is 438 g/mol. The second-order valence-corrected chi connectivity index (χ2v) is 8.83. The van der Waals surface area contributed by atoms with Gasteiger partial charge in [-0.25, -0.2) is 0 Å². The van der Waals surface area contributed by atoms with E-state index in [1.165, 1.54) is 5.56 Å². The molecule has 0 radical (unpaired) electrons. The molecule has 1 N–H and O–H groups in total. The Bertz CT molecular complexity index is 1280. The minimum absolute atomic E-state index is 0.0165. The van der Waals surface area contributed by atoms with Gasteiger partial charge < -0.3 is 9.88 Å². The molecule has 0 unspecified atom stereocenters. The minimum atomic E-state index is -0.183. The lowest BCUT2D eigenvalue weighted by Crippen LogP contribution is -2.52. The summed E-state index contributed by atoms with van der Waals surface area (Å²) in [6.07, 6.45) is 6.47. The first-order valence-electron chi connectivity index (χ1n) is 12.0. The van der Waals surface area contributed by atoms with Crippen LogP contribution in [0.25, 0.3) is 10.9 Å². The number of nitrogens with zero attached hydrogens (tertiary/aromatic N) is 4. The number of fused-ring (bicyclic) bond motifs is 1. The molecule has 2 aromatic heterocycles. The number of rotatable bonds is 7. The Labute approximate surface area is 205 Å². The zero-order valence-corrected chi connectivity index (χ0v) is 19.6. The van der Waals surface area contributed by atoms with Crippen LogP contribution in [0.3, 0.4) is 0 Å². The van der Waals surface area contributed by atoms with E-state index in [9.17, 15) is 9.59 Å². The number of para-hydroxylation sites is 1. The van der Waals surface area contributed by atoms with E-state index in [1.807, 2.05) is 90.2 Å². The van der Waals surface area contributed by atoms with E-state index < -0.39 is 0 Å². The van der Waals surface area contributed by atoms with Crippen LogP contribution in [0.5, 0.6) is 0 Å².